The van der Waals surface area contributed by atoms with Crippen molar-refractivity contribution in [1.29, 1.82) is 0 Å². The van der Waals surface area contributed by atoms with Gasteiger partial charge in [-0.25, -0.2) is 9.37 Å². The van der Waals surface area contributed by atoms with E-state index in [0.29, 0.717) is 30.8 Å². The number of amides is 1. The molecule has 2 N–H and O–H groups in total. The molecular formula is C21H20FN3O. The van der Waals surface area contributed by atoms with Crippen molar-refractivity contribution in [3.8, 4) is 0 Å². The molecular weight excluding hydrogens is 329 g/mol. The lowest BCUT2D eigenvalue weighted by Crippen LogP contribution is -2.13. The normalized spacial score (nSPS) is 10.3. The van der Waals surface area contributed by atoms with Crippen LogP contribution in [0.4, 0.5) is 15.9 Å². The van der Waals surface area contributed by atoms with Crippen LogP contribution in [0.5, 0.6) is 0 Å². The maximum atomic E-state index is 13.6. The standard InChI is InChI=1S/C21H20FN3O/c22-19-9-5-4-8-17(19)14-23-18-11-12-20(24-15-18)25-21(26)13-10-16-6-2-1-3-7-16/h1-9,11-12,15,23H,10,13-14H2,(H,24,25,26). The summed E-state index contributed by atoms with van der Waals surface area (Å²) in [6.45, 7) is 0.372. The van der Waals surface area contributed by atoms with E-state index in [1.54, 1.807) is 36.5 Å². The maximum absolute atomic E-state index is 13.6. The average molecular weight is 349 g/mol. The van der Waals surface area contributed by atoms with Gasteiger partial charge in [-0.2, -0.15) is 0 Å². The van der Waals surface area contributed by atoms with E-state index in [1.807, 2.05) is 30.3 Å². The van der Waals surface area contributed by atoms with Crippen LogP contribution >= 0.6 is 0 Å². The second kappa shape index (κ2) is 8.76. The molecule has 0 aliphatic rings. The fraction of sp³-hybridized carbons (Fsp3) is 0.143. The first-order valence-electron chi connectivity index (χ1n) is 8.48. The predicted molar refractivity (Wildman–Crippen MR) is 101 cm³/mol. The van der Waals surface area contributed by atoms with Gasteiger partial charge in [-0.15, -0.1) is 0 Å². The van der Waals surface area contributed by atoms with E-state index in [0.717, 1.165) is 11.3 Å². The van der Waals surface area contributed by atoms with Crippen LogP contribution in [-0.4, -0.2) is 10.9 Å². The van der Waals surface area contributed by atoms with Crippen molar-refractivity contribution >= 4 is 17.4 Å². The lowest BCUT2D eigenvalue weighted by Gasteiger charge is -2.09. The number of aryl methyl sites for hydroxylation is 1. The Kier molecular flexibility index (Phi) is 5.93. The third-order valence-corrected chi connectivity index (χ3v) is 3.96. The van der Waals surface area contributed by atoms with E-state index < -0.39 is 0 Å². The van der Waals surface area contributed by atoms with E-state index in [4.69, 9.17) is 0 Å². The molecule has 0 aliphatic heterocycles. The first-order chi connectivity index (χ1) is 12.7. The van der Waals surface area contributed by atoms with Crippen LogP contribution in [0.25, 0.3) is 0 Å². The number of anilines is 2. The molecule has 4 nitrogen and oxygen atoms in total. The van der Waals surface area contributed by atoms with Gasteiger partial charge in [0.25, 0.3) is 0 Å². The first-order valence-corrected chi connectivity index (χ1v) is 8.48. The zero-order chi connectivity index (χ0) is 18.2. The molecule has 132 valence electrons. The number of aromatic nitrogens is 1. The number of hydrogen-bond donors (Lipinski definition) is 2. The third-order valence-electron chi connectivity index (χ3n) is 3.96. The number of hydrogen-bond acceptors (Lipinski definition) is 3. The topological polar surface area (TPSA) is 54.0 Å². The van der Waals surface area contributed by atoms with Crippen molar-refractivity contribution in [2.45, 2.75) is 19.4 Å². The van der Waals surface area contributed by atoms with Crippen LogP contribution in [-0.2, 0) is 17.8 Å². The van der Waals surface area contributed by atoms with Gasteiger partial charge in [-0.3, -0.25) is 4.79 Å². The Balaban J connectivity index is 1.48. The van der Waals surface area contributed by atoms with Gasteiger partial charge in [0.1, 0.15) is 11.6 Å². The second-order valence-electron chi connectivity index (χ2n) is 5.91. The van der Waals surface area contributed by atoms with Gasteiger partial charge >= 0.3 is 0 Å². The second-order valence-corrected chi connectivity index (χ2v) is 5.91. The summed E-state index contributed by atoms with van der Waals surface area (Å²) in [6.07, 6.45) is 2.71. The number of pyridine rings is 1. The highest BCUT2D eigenvalue weighted by Gasteiger charge is 2.05. The van der Waals surface area contributed by atoms with E-state index >= 15 is 0 Å². The molecule has 0 aliphatic carbocycles. The lowest BCUT2D eigenvalue weighted by atomic mass is 10.1. The molecule has 0 unspecified atom stereocenters. The minimum atomic E-state index is -0.241. The monoisotopic (exact) mass is 349 g/mol. The smallest absolute Gasteiger partial charge is 0.225 e. The zero-order valence-corrected chi connectivity index (χ0v) is 14.3. The molecule has 0 radical (unpaired) electrons. The highest BCUT2D eigenvalue weighted by molar-refractivity contribution is 5.89. The highest BCUT2D eigenvalue weighted by Crippen LogP contribution is 2.13. The Morgan fingerprint density at radius 2 is 1.73 bits per heavy atom. The van der Waals surface area contributed by atoms with Crippen molar-refractivity contribution in [2.75, 3.05) is 10.6 Å². The molecule has 0 saturated heterocycles. The third kappa shape index (κ3) is 5.14. The Labute approximate surface area is 152 Å². The molecule has 0 saturated carbocycles. The van der Waals surface area contributed by atoms with Gasteiger partial charge in [-0.1, -0.05) is 48.5 Å². The van der Waals surface area contributed by atoms with Gasteiger partial charge in [0.05, 0.1) is 11.9 Å². The van der Waals surface area contributed by atoms with Crippen LogP contribution in [0.2, 0.25) is 0 Å². The largest absolute Gasteiger partial charge is 0.380 e. The number of carbonyl (C=O) groups excluding carboxylic acids is 1. The first kappa shape index (κ1) is 17.6. The van der Waals surface area contributed by atoms with E-state index in [-0.39, 0.29) is 11.7 Å². The molecule has 0 bridgehead atoms. The number of carbonyl (C=O) groups is 1. The Bertz CT molecular complexity index is 851. The minimum Gasteiger partial charge on any atom is -0.380 e. The zero-order valence-electron chi connectivity index (χ0n) is 14.3. The summed E-state index contributed by atoms with van der Waals surface area (Å²) in [5, 5.41) is 5.90. The molecule has 1 heterocycles. The fourth-order valence-electron chi connectivity index (χ4n) is 2.52. The summed E-state index contributed by atoms with van der Waals surface area (Å²) in [4.78, 5) is 16.2. The number of rotatable bonds is 7. The van der Waals surface area contributed by atoms with Crippen molar-refractivity contribution in [3.63, 3.8) is 0 Å². The fourth-order valence-corrected chi connectivity index (χ4v) is 2.52. The van der Waals surface area contributed by atoms with Crippen LogP contribution < -0.4 is 10.6 Å². The number of nitrogens with zero attached hydrogens (tertiary/aromatic N) is 1. The SMILES string of the molecule is O=C(CCc1ccccc1)Nc1ccc(NCc2ccccc2F)cn1. The van der Waals surface area contributed by atoms with E-state index in [2.05, 4.69) is 15.6 Å². The predicted octanol–water partition coefficient (Wildman–Crippen LogP) is 4.40. The van der Waals surface area contributed by atoms with Gasteiger partial charge < -0.3 is 10.6 Å². The van der Waals surface area contributed by atoms with Gasteiger partial charge in [0.15, 0.2) is 0 Å². The lowest BCUT2D eigenvalue weighted by molar-refractivity contribution is -0.116. The van der Waals surface area contributed by atoms with Crippen LogP contribution in [0, 0.1) is 5.82 Å². The van der Waals surface area contributed by atoms with Crippen molar-refractivity contribution in [2.24, 2.45) is 0 Å². The highest BCUT2D eigenvalue weighted by atomic mass is 19.1. The summed E-state index contributed by atoms with van der Waals surface area (Å²) in [5.41, 5.74) is 2.48. The van der Waals surface area contributed by atoms with Crippen LogP contribution in [0.15, 0.2) is 72.9 Å². The molecule has 26 heavy (non-hydrogen) atoms. The van der Waals surface area contributed by atoms with Crippen molar-refractivity contribution < 1.29 is 9.18 Å². The summed E-state index contributed by atoms with van der Waals surface area (Å²) >= 11 is 0. The summed E-state index contributed by atoms with van der Waals surface area (Å²) in [5.74, 6) is 0.184. The van der Waals surface area contributed by atoms with E-state index in [1.165, 1.54) is 6.07 Å². The van der Waals surface area contributed by atoms with Gasteiger partial charge in [-0.05, 0) is 30.2 Å². The number of benzene rings is 2. The molecule has 1 aromatic heterocycles. The van der Waals surface area contributed by atoms with E-state index in [9.17, 15) is 9.18 Å². The molecule has 1 amide bonds. The summed E-state index contributed by atoms with van der Waals surface area (Å²) in [7, 11) is 0. The summed E-state index contributed by atoms with van der Waals surface area (Å²) < 4.78 is 13.6. The van der Waals surface area contributed by atoms with Gasteiger partial charge in [0.2, 0.25) is 5.91 Å². The molecule has 0 fully saturated rings. The molecule has 3 aromatic rings. The van der Waals surface area contributed by atoms with Crippen molar-refractivity contribution in [3.05, 3.63) is 89.9 Å². The summed E-state index contributed by atoms with van der Waals surface area (Å²) in [6, 6.07) is 20.0. The van der Waals surface area contributed by atoms with Crippen LogP contribution in [0.3, 0.4) is 0 Å². The number of halogens is 1. The minimum absolute atomic E-state index is 0.0755. The molecule has 5 heteroatoms. The Morgan fingerprint density at radius 3 is 2.46 bits per heavy atom. The quantitative estimate of drug-likeness (QED) is 0.664. The van der Waals surface area contributed by atoms with Crippen molar-refractivity contribution in [1.82, 2.24) is 4.98 Å². The molecule has 0 spiro atoms. The maximum Gasteiger partial charge on any atom is 0.225 e. The Morgan fingerprint density at radius 1 is 0.962 bits per heavy atom. The average Bonchev–Trinajstić information content (AvgIpc) is 2.68. The molecule has 2 aromatic carbocycles. The van der Waals surface area contributed by atoms with Crippen LogP contribution in [0.1, 0.15) is 17.5 Å². The van der Waals surface area contributed by atoms with Gasteiger partial charge in [0, 0.05) is 18.5 Å². The Hall–Kier alpha value is -3.21. The number of nitrogens with one attached hydrogen (secondary N) is 2. The molecule has 3 rings (SSSR count). The molecule has 0 atom stereocenters.